The number of ether oxygens (including phenoxy) is 1. The van der Waals surface area contributed by atoms with E-state index in [0.717, 1.165) is 51.9 Å². The van der Waals surface area contributed by atoms with Crippen molar-refractivity contribution in [2.24, 2.45) is 11.8 Å². The molecule has 0 saturated carbocycles. The molecular weight excluding hydrogens is 342 g/mol. The van der Waals surface area contributed by atoms with E-state index in [2.05, 4.69) is 17.6 Å². The largest absolute Gasteiger partial charge is 0.484 e. The number of amides is 2. The number of nitrogens with one attached hydrogen (secondary N) is 2. The second-order valence-corrected chi connectivity index (χ2v) is 7.72. The first-order valence-corrected chi connectivity index (χ1v) is 10.1. The molecule has 0 spiro atoms. The Balaban J connectivity index is 1.46. The summed E-state index contributed by atoms with van der Waals surface area (Å²) in [4.78, 5) is 26.3. The summed E-state index contributed by atoms with van der Waals surface area (Å²) in [7, 11) is 0. The first kappa shape index (κ1) is 19.7. The number of nitrogens with zero attached hydrogens (tertiary/aromatic N) is 1. The highest BCUT2D eigenvalue weighted by atomic mass is 16.5. The highest BCUT2D eigenvalue weighted by Crippen LogP contribution is 2.25. The Labute approximate surface area is 161 Å². The third-order valence-corrected chi connectivity index (χ3v) is 5.63. The van der Waals surface area contributed by atoms with Crippen molar-refractivity contribution in [3.8, 4) is 5.75 Å². The van der Waals surface area contributed by atoms with E-state index in [1.54, 1.807) is 6.07 Å². The molecule has 2 aliphatic rings. The smallest absolute Gasteiger partial charge is 0.260 e. The lowest BCUT2D eigenvalue weighted by Crippen LogP contribution is -2.32. The van der Waals surface area contributed by atoms with Gasteiger partial charge in [-0.05, 0) is 62.7 Å². The molecule has 0 aliphatic carbocycles. The fourth-order valence-corrected chi connectivity index (χ4v) is 3.95. The highest BCUT2D eigenvalue weighted by Gasteiger charge is 2.22. The van der Waals surface area contributed by atoms with Crippen molar-refractivity contribution in [1.29, 1.82) is 0 Å². The number of hydrogen-bond acceptors (Lipinski definition) is 4. The average molecular weight is 373 g/mol. The quantitative estimate of drug-likeness (QED) is 0.771. The molecule has 2 N–H and O–H groups in total. The van der Waals surface area contributed by atoms with Crippen molar-refractivity contribution in [3.05, 3.63) is 24.3 Å². The minimum Gasteiger partial charge on any atom is -0.484 e. The Morgan fingerprint density at radius 1 is 1.26 bits per heavy atom. The van der Waals surface area contributed by atoms with Gasteiger partial charge in [-0.1, -0.05) is 13.0 Å². The molecule has 6 heteroatoms. The van der Waals surface area contributed by atoms with Crippen LogP contribution in [0.15, 0.2) is 24.3 Å². The molecule has 3 rings (SSSR count). The Morgan fingerprint density at radius 3 is 2.74 bits per heavy atom. The van der Waals surface area contributed by atoms with Gasteiger partial charge in [0.25, 0.3) is 5.91 Å². The Morgan fingerprint density at radius 2 is 2.00 bits per heavy atom. The maximum atomic E-state index is 12.4. The molecule has 1 atom stereocenters. The minimum absolute atomic E-state index is 0.0257. The molecular formula is C21H31N3O3. The summed E-state index contributed by atoms with van der Waals surface area (Å²) in [5.74, 6) is 1.66. The predicted molar refractivity (Wildman–Crippen MR) is 106 cm³/mol. The zero-order valence-electron chi connectivity index (χ0n) is 16.2. The summed E-state index contributed by atoms with van der Waals surface area (Å²) in [5.41, 5.74) is 0.712. The van der Waals surface area contributed by atoms with Gasteiger partial charge in [-0.25, -0.2) is 0 Å². The number of anilines is 1. The lowest BCUT2D eigenvalue weighted by atomic mass is 9.84. The highest BCUT2D eigenvalue weighted by molar-refractivity contribution is 5.91. The van der Waals surface area contributed by atoms with Crippen LogP contribution in [0.5, 0.6) is 5.75 Å². The van der Waals surface area contributed by atoms with E-state index >= 15 is 0 Å². The summed E-state index contributed by atoms with van der Waals surface area (Å²) in [6.45, 7) is 5.96. The van der Waals surface area contributed by atoms with Crippen LogP contribution in [0.25, 0.3) is 0 Å². The minimum atomic E-state index is 0.0257. The molecule has 0 radical (unpaired) electrons. The normalized spacial score (nSPS) is 18.9. The Hall–Kier alpha value is -2.08. The standard InChI is InChI=1S/C21H31N3O3/c1-16(17-7-9-22-10-8-17)13-20(25)23-18-5-4-6-19(14-18)27-15-21(26)24-11-2-3-12-24/h4-6,14,16-17,22H,2-3,7-13,15H2,1H3,(H,23,25). The number of likely N-dealkylation sites (tertiary alicyclic amines) is 1. The van der Waals surface area contributed by atoms with Gasteiger partial charge in [-0.15, -0.1) is 0 Å². The van der Waals surface area contributed by atoms with E-state index in [9.17, 15) is 9.59 Å². The zero-order chi connectivity index (χ0) is 19.1. The van der Waals surface area contributed by atoms with Crippen LogP contribution in [0, 0.1) is 11.8 Å². The van der Waals surface area contributed by atoms with Crippen molar-refractivity contribution < 1.29 is 14.3 Å². The van der Waals surface area contributed by atoms with Gasteiger partial charge in [0.1, 0.15) is 5.75 Å². The number of carbonyl (C=O) groups is 2. The van der Waals surface area contributed by atoms with Crippen LogP contribution >= 0.6 is 0 Å². The van der Waals surface area contributed by atoms with Gasteiger partial charge in [0, 0.05) is 31.3 Å². The number of piperidine rings is 1. The molecule has 2 amide bonds. The molecule has 0 aromatic heterocycles. The van der Waals surface area contributed by atoms with E-state index in [-0.39, 0.29) is 18.4 Å². The van der Waals surface area contributed by atoms with Crippen LogP contribution in [0.1, 0.15) is 39.0 Å². The average Bonchev–Trinajstić information content (AvgIpc) is 3.22. The van der Waals surface area contributed by atoms with Gasteiger partial charge < -0.3 is 20.3 Å². The molecule has 1 aromatic rings. The van der Waals surface area contributed by atoms with E-state index in [4.69, 9.17) is 4.74 Å². The summed E-state index contributed by atoms with van der Waals surface area (Å²) in [5, 5.41) is 6.33. The van der Waals surface area contributed by atoms with Crippen LogP contribution in [0.4, 0.5) is 5.69 Å². The van der Waals surface area contributed by atoms with Crippen LogP contribution in [0.3, 0.4) is 0 Å². The van der Waals surface area contributed by atoms with Gasteiger partial charge in [-0.3, -0.25) is 9.59 Å². The fourth-order valence-electron chi connectivity index (χ4n) is 3.95. The Bertz CT molecular complexity index is 637. The summed E-state index contributed by atoms with van der Waals surface area (Å²) < 4.78 is 5.63. The van der Waals surface area contributed by atoms with Crippen LogP contribution in [0.2, 0.25) is 0 Å². The van der Waals surface area contributed by atoms with Gasteiger partial charge in [0.05, 0.1) is 0 Å². The third-order valence-electron chi connectivity index (χ3n) is 5.63. The summed E-state index contributed by atoms with van der Waals surface area (Å²) in [6.07, 6.45) is 4.96. The molecule has 0 bridgehead atoms. The number of hydrogen-bond donors (Lipinski definition) is 2. The van der Waals surface area contributed by atoms with Crippen molar-refractivity contribution >= 4 is 17.5 Å². The van der Waals surface area contributed by atoms with E-state index < -0.39 is 0 Å². The van der Waals surface area contributed by atoms with Gasteiger partial charge in [0.2, 0.25) is 5.91 Å². The van der Waals surface area contributed by atoms with Crippen LogP contribution in [-0.2, 0) is 9.59 Å². The molecule has 148 valence electrons. The van der Waals surface area contributed by atoms with Gasteiger partial charge in [-0.2, -0.15) is 0 Å². The SMILES string of the molecule is CC(CC(=O)Nc1cccc(OCC(=O)N2CCCC2)c1)C1CCNCC1. The maximum Gasteiger partial charge on any atom is 0.260 e. The first-order valence-electron chi connectivity index (χ1n) is 10.1. The predicted octanol–water partition coefficient (Wildman–Crippen LogP) is 2.65. The van der Waals surface area contributed by atoms with Crippen LogP contribution in [-0.4, -0.2) is 49.5 Å². The van der Waals surface area contributed by atoms with Crippen LogP contribution < -0.4 is 15.4 Å². The lowest BCUT2D eigenvalue weighted by Gasteiger charge is -2.27. The molecule has 2 aliphatic heterocycles. The van der Waals surface area contributed by atoms with E-state index in [1.165, 1.54) is 0 Å². The first-order chi connectivity index (χ1) is 13.1. The van der Waals surface area contributed by atoms with Gasteiger partial charge in [0.15, 0.2) is 6.61 Å². The van der Waals surface area contributed by atoms with Crippen molar-refractivity contribution in [2.75, 3.05) is 38.1 Å². The molecule has 1 unspecified atom stereocenters. The monoisotopic (exact) mass is 373 g/mol. The number of rotatable bonds is 7. The third kappa shape index (κ3) is 5.96. The molecule has 27 heavy (non-hydrogen) atoms. The fraction of sp³-hybridized carbons (Fsp3) is 0.619. The van der Waals surface area contributed by atoms with E-state index in [0.29, 0.717) is 29.7 Å². The van der Waals surface area contributed by atoms with E-state index in [1.807, 2.05) is 23.1 Å². The molecule has 2 saturated heterocycles. The summed E-state index contributed by atoms with van der Waals surface area (Å²) in [6, 6.07) is 7.28. The van der Waals surface area contributed by atoms with Crippen molar-refractivity contribution in [3.63, 3.8) is 0 Å². The number of benzene rings is 1. The second kappa shape index (κ2) is 9.74. The topological polar surface area (TPSA) is 70.7 Å². The lowest BCUT2D eigenvalue weighted by molar-refractivity contribution is -0.132. The summed E-state index contributed by atoms with van der Waals surface area (Å²) >= 11 is 0. The van der Waals surface area contributed by atoms with Crippen molar-refractivity contribution in [1.82, 2.24) is 10.2 Å². The second-order valence-electron chi connectivity index (χ2n) is 7.72. The van der Waals surface area contributed by atoms with Crippen molar-refractivity contribution in [2.45, 2.75) is 39.0 Å². The molecule has 1 aromatic carbocycles. The van der Waals surface area contributed by atoms with Gasteiger partial charge >= 0.3 is 0 Å². The number of carbonyl (C=O) groups excluding carboxylic acids is 2. The Kier molecular flexibility index (Phi) is 7.10. The maximum absolute atomic E-state index is 12.4. The molecule has 2 heterocycles. The zero-order valence-corrected chi connectivity index (χ0v) is 16.2. The molecule has 6 nitrogen and oxygen atoms in total. The molecule has 2 fully saturated rings.